The van der Waals surface area contributed by atoms with Gasteiger partial charge in [0.25, 0.3) is 5.78 Å². The van der Waals surface area contributed by atoms with Crippen molar-refractivity contribution in [1.82, 2.24) is 0 Å². The molecule has 23 heavy (non-hydrogen) atoms. The van der Waals surface area contributed by atoms with Crippen LogP contribution in [0.5, 0.6) is 0 Å². The minimum atomic E-state index is -4.47. The fourth-order valence-corrected chi connectivity index (χ4v) is 6.04. The minimum Gasteiger partial charge on any atom is -0.572 e. The van der Waals surface area contributed by atoms with E-state index in [0.29, 0.717) is 27.4 Å². The van der Waals surface area contributed by atoms with Crippen LogP contribution in [0.2, 0.25) is 0 Å². The molecule has 0 unspecified atom stereocenters. The quantitative estimate of drug-likeness (QED) is 0.530. The maximum absolute atomic E-state index is 13.7. The highest BCUT2D eigenvalue weighted by molar-refractivity contribution is 8.09. The molecule has 0 saturated carbocycles. The zero-order valence-corrected chi connectivity index (χ0v) is 13.6. The van der Waals surface area contributed by atoms with Gasteiger partial charge in [0.1, 0.15) is 0 Å². The zero-order chi connectivity index (χ0) is 16.4. The lowest BCUT2D eigenvalue weighted by atomic mass is 9.98. The van der Waals surface area contributed by atoms with E-state index in [0.717, 1.165) is 0 Å². The normalized spacial score (nSPS) is 24.2. The molecule has 4 rings (SSSR count). The molecule has 3 aliphatic heterocycles. The summed E-state index contributed by atoms with van der Waals surface area (Å²) in [5.74, 6) is 0.114. The van der Waals surface area contributed by atoms with Crippen molar-refractivity contribution in [2.75, 3.05) is 11.5 Å². The van der Waals surface area contributed by atoms with E-state index in [1.54, 1.807) is 24.3 Å². The third kappa shape index (κ3) is 2.25. The first-order valence-corrected chi connectivity index (χ1v) is 9.56. The number of thioether (sulfide) groups is 1. The molecule has 3 aliphatic rings. The van der Waals surface area contributed by atoms with Crippen molar-refractivity contribution >= 4 is 39.4 Å². The number of fused-ring (bicyclic) bond motifs is 4. The van der Waals surface area contributed by atoms with Crippen LogP contribution < -0.4 is 0 Å². The third-order valence-electron chi connectivity index (χ3n) is 3.98. The molecule has 1 aromatic rings. The van der Waals surface area contributed by atoms with E-state index >= 15 is 0 Å². The Labute approximate surface area is 135 Å². The van der Waals surface area contributed by atoms with Gasteiger partial charge in [0, 0.05) is 16.2 Å². The lowest BCUT2D eigenvalue weighted by Crippen LogP contribution is -2.40. The number of sulfone groups is 1. The molecule has 3 heterocycles. The molecule has 0 spiro atoms. The summed E-state index contributed by atoms with van der Waals surface area (Å²) in [6, 6.07) is 6.62. The Hall–Kier alpha value is -1.61. The molecule has 0 atom stereocenters. The number of hydrogen-bond acceptors (Lipinski definition) is 4. The number of benzene rings is 1. The highest BCUT2D eigenvalue weighted by atomic mass is 32.2. The van der Waals surface area contributed by atoms with E-state index in [1.165, 1.54) is 18.7 Å². The summed E-state index contributed by atoms with van der Waals surface area (Å²) in [6.07, 6.45) is 0. The highest BCUT2D eigenvalue weighted by Crippen LogP contribution is 2.46. The highest BCUT2D eigenvalue weighted by Gasteiger charge is 2.56. The van der Waals surface area contributed by atoms with Crippen molar-refractivity contribution in [1.29, 1.82) is 0 Å². The van der Waals surface area contributed by atoms with Crippen LogP contribution in [-0.2, 0) is 18.8 Å². The SMILES string of the molecule is CC1=C2CSC3=C(CS(=O)(=O)c4ccccc43)C2=[O+][B-](F)(F)O1. The molecule has 9 heteroatoms. The van der Waals surface area contributed by atoms with Crippen molar-refractivity contribution in [3.8, 4) is 0 Å². The Morgan fingerprint density at radius 3 is 2.78 bits per heavy atom. The van der Waals surface area contributed by atoms with Crippen molar-refractivity contribution in [2.45, 2.75) is 11.8 Å². The van der Waals surface area contributed by atoms with Crippen molar-refractivity contribution in [2.24, 2.45) is 0 Å². The van der Waals surface area contributed by atoms with Crippen molar-refractivity contribution in [3.63, 3.8) is 0 Å². The molecule has 0 amide bonds. The Kier molecular flexibility index (Phi) is 3.06. The molecule has 0 radical (unpaired) electrons. The van der Waals surface area contributed by atoms with Crippen LogP contribution in [-0.4, -0.2) is 32.8 Å². The number of allylic oxidation sites excluding steroid dienone is 1. The van der Waals surface area contributed by atoms with Crippen molar-refractivity contribution in [3.05, 3.63) is 46.7 Å². The Morgan fingerprint density at radius 1 is 1.26 bits per heavy atom. The van der Waals surface area contributed by atoms with Gasteiger partial charge in [0.15, 0.2) is 9.84 Å². The van der Waals surface area contributed by atoms with Gasteiger partial charge in [0.2, 0.25) is 0 Å². The molecule has 0 aliphatic carbocycles. The number of ketones is 1. The van der Waals surface area contributed by atoms with Crippen LogP contribution in [0.3, 0.4) is 0 Å². The minimum absolute atomic E-state index is 0.0365. The first-order chi connectivity index (χ1) is 10.8. The molecular formula is C14H11BF2O4S2. The molecule has 0 fully saturated rings. The van der Waals surface area contributed by atoms with Gasteiger partial charge in [-0.15, -0.1) is 11.8 Å². The summed E-state index contributed by atoms with van der Waals surface area (Å²) in [7, 11) is -8.06. The van der Waals surface area contributed by atoms with Gasteiger partial charge in [-0.3, -0.25) is 0 Å². The average Bonchev–Trinajstić information content (AvgIpc) is 2.46. The maximum Gasteiger partial charge on any atom is 0.994 e. The van der Waals surface area contributed by atoms with Crippen LogP contribution in [0, 0.1) is 0 Å². The molecule has 120 valence electrons. The standard InChI is InChI=1S/C14H11BF2O4S2/c1-8-10-6-22-14-9-4-2-3-5-12(9)23(18,19)7-11(14)13(10)21-15(16,17)20-8/h2-5H,6-7H2,1H3. The predicted molar refractivity (Wildman–Crippen MR) is 84.6 cm³/mol. The fourth-order valence-electron chi connectivity index (χ4n) is 2.99. The van der Waals surface area contributed by atoms with Gasteiger partial charge in [-0.2, -0.15) is 0 Å². The summed E-state index contributed by atoms with van der Waals surface area (Å²) in [4.78, 5) is 0.927. The molecule has 0 N–H and O–H groups in total. The number of rotatable bonds is 0. The van der Waals surface area contributed by atoms with Crippen LogP contribution in [0.15, 0.2) is 46.1 Å². The second-order valence-corrected chi connectivity index (χ2v) is 8.43. The summed E-state index contributed by atoms with van der Waals surface area (Å²) >= 11 is 1.42. The van der Waals surface area contributed by atoms with Gasteiger partial charge in [0.05, 0.1) is 27.6 Å². The van der Waals surface area contributed by atoms with Gasteiger partial charge in [-0.25, -0.2) is 8.42 Å². The van der Waals surface area contributed by atoms with Gasteiger partial charge >= 0.3 is 7.11 Å². The van der Waals surface area contributed by atoms with E-state index in [-0.39, 0.29) is 22.2 Å². The van der Waals surface area contributed by atoms with Crippen LogP contribution in [0.1, 0.15) is 12.5 Å². The number of halogens is 2. The average molecular weight is 356 g/mol. The van der Waals surface area contributed by atoms with E-state index in [2.05, 4.69) is 4.65 Å². The van der Waals surface area contributed by atoms with Gasteiger partial charge < -0.3 is 17.6 Å². The Balaban J connectivity index is 2.00. The van der Waals surface area contributed by atoms with E-state index in [4.69, 9.17) is 4.34 Å². The lowest BCUT2D eigenvalue weighted by molar-refractivity contribution is -0.364. The largest absolute Gasteiger partial charge is 0.994 e. The lowest BCUT2D eigenvalue weighted by Gasteiger charge is -2.30. The summed E-state index contributed by atoms with van der Waals surface area (Å²) < 4.78 is 61.6. The molecule has 0 saturated heterocycles. The van der Waals surface area contributed by atoms with Gasteiger partial charge in [-0.05, 0) is 13.0 Å². The summed E-state index contributed by atoms with van der Waals surface area (Å²) in [6.45, 7) is 1.45. The predicted octanol–water partition coefficient (Wildman–Crippen LogP) is 2.72. The van der Waals surface area contributed by atoms with E-state index < -0.39 is 16.9 Å². The van der Waals surface area contributed by atoms with E-state index in [1.807, 2.05) is 0 Å². The number of carbonyl (C=O) groups excluding carboxylic acids is 1. The van der Waals surface area contributed by atoms with Gasteiger partial charge in [-0.1, -0.05) is 18.2 Å². The number of hydrogen-bond donors (Lipinski definition) is 0. The van der Waals surface area contributed by atoms with Crippen molar-refractivity contribution < 1.29 is 26.0 Å². The first kappa shape index (κ1) is 15.0. The Bertz CT molecular complexity index is 932. The maximum atomic E-state index is 13.7. The second-order valence-electron chi connectivity index (χ2n) is 5.49. The smallest absolute Gasteiger partial charge is 0.572 e. The fraction of sp³-hybridized carbons (Fsp3) is 0.214. The second kappa shape index (κ2) is 4.70. The van der Waals surface area contributed by atoms with Crippen LogP contribution in [0.25, 0.3) is 4.91 Å². The van der Waals surface area contributed by atoms with E-state index in [9.17, 15) is 17.0 Å². The molecular weight excluding hydrogens is 345 g/mol. The molecule has 0 aromatic heterocycles. The molecule has 4 nitrogen and oxygen atoms in total. The zero-order valence-electron chi connectivity index (χ0n) is 12.0. The van der Waals surface area contributed by atoms with Crippen LogP contribution in [0.4, 0.5) is 8.63 Å². The monoisotopic (exact) mass is 356 g/mol. The third-order valence-corrected chi connectivity index (χ3v) is 6.86. The molecule has 0 bridgehead atoms. The Morgan fingerprint density at radius 2 is 2.00 bits per heavy atom. The topological polar surface area (TPSA) is 54.7 Å². The first-order valence-electron chi connectivity index (χ1n) is 6.92. The summed E-state index contributed by atoms with van der Waals surface area (Å²) in [5, 5.41) is 0. The molecule has 1 aromatic carbocycles. The van der Waals surface area contributed by atoms with Crippen LogP contribution >= 0.6 is 11.8 Å². The summed E-state index contributed by atoms with van der Waals surface area (Å²) in [5.41, 5.74) is 1.35.